The number of nitro groups is 1. The Balaban J connectivity index is 3.14. The first kappa shape index (κ1) is 13.4. The van der Waals surface area contributed by atoms with E-state index in [1.165, 1.54) is 0 Å². The molecule has 0 fully saturated rings. The van der Waals surface area contributed by atoms with Gasteiger partial charge in [0.15, 0.2) is 0 Å². The van der Waals surface area contributed by atoms with Crippen LogP contribution in [0.3, 0.4) is 0 Å². The van der Waals surface area contributed by atoms with Crippen LogP contribution in [-0.2, 0) is 0 Å². The van der Waals surface area contributed by atoms with Crippen molar-refractivity contribution in [3.8, 4) is 0 Å². The summed E-state index contributed by atoms with van der Waals surface area (Å²) in [6.07, 6.45) is 6.01. The van der Waals surface area contributed by atoms with Gasteiger partial charge in [-0.2, -0.15) is 0 Å². The summed E-state index contributed by atoms with van der Waals surface area (Å²) in [5.41, 5.74) is 0. The summed E-state index contributed by atoms with van der Waals surface area (Å²) in [6, 6.07) is 0. The largest absolute Gasteiger partial charge is 0.393 e. The van der Waals surface area contributed by atoms with E-state index in [1.54, 1.807) is 0 Å². The monoisotopic (exact) mass is 203 g/mol. The van der Waals surface area contributed by atoms with Crippen LogP contribution in [0.5, 0.6) is 0 Å². The van der Waals surface area contributed by atoms with E-state index in [-0.39, 0.29) is 17.6 Å². The second-order valence-electron chi connectivity index (χ2n) is 3.70. The average molecular weight is 203 g/mol. The third-order valence-electron chi connectivity index (χ3n) is 2.27. The minimum Gasteiger partial charge on any atom is -0.393 e. The van der Waals surface area contributed by atoms with Gasteiger partial charge in [-0.1, -0.05) is 26.2 Å². The van der Waals surface area contributed by atoms with E-state index in [1.807, 2.05) is 0 Å². The van der Waals surface area contributed by atoms with Crippen LogP contribution in [0.1, 0.15) is 51.9 Å². The number of hydrogen-bond acceptors (Lipinski definition) is 3. The highest BCUT2D eigenvalue weighted by Crippen LogP contribution is 2.09. The fraction of sp³-hybridized carbons (Fsp3) is 1.00. The van der Waals surface area contributed by atoms with Gasteiger partial charge in [0.05, 0.1) is 6.10 Å². The smallest absolute Gasteiger partial charge is 0.203 e. The van der Waals surface area contributed by atoms with Crippen LogP contribution in [0.4, 0.5) is 0 Å². The summed E-state index contributed by atoms with van der Waals surface area (Å²) in [4.78, 5) is 9.71. The van der Waals surface area contributed by atoms with Crippen molar-refractivity contribution in [3.05, 3.63) is 10.1 Å². The van der Waals surface area contributed by atoms with E-state index in [4.69, 9.17) is 0 Å². The van der Waals surface area contributed by atoms with Crippen LogP contribution >= 0.6 is 0 Å². The van der Waals surface area contributed by atoms with Crippen LogP contribution in [0.2, 0.25) is 0 Å². The van der Waals surface area contributed by atoms with Crippen molar-refractivity contribution in [2.75, 3.05) is 6.54 Å². The zero-order valence-corrected chi connectivity index (χ0v) is 8.95. The number of unbranched alkanes of at least 4 members (excludes halogenated alkanes) is 3. The predicted octanol–water partition coefficient (Wildman–Crippen LogP) is 2.37. The molecule has 0 rings (SSSR count). The molecule has 0 aromatic carbocycles. The van der Waals surface area contributed by atoms with Crippen molar-refractivity contribution in [1.82, 2.24) is 0 Å². The van der Waals surface area contributed by atoms with Crippen LogP contribution in [0.25, 0.3) is 0 Å². The number of nitrogens with zero attached hydrogens (tertiary/aromatic N) is 1. The molecule has 14 heavy (non-hydrogen) atoms. The minimum atomic E-state index is -0.284. The maximum atomic E-state index is 9.99. The van der Waals surface area contributed by atoms with Gasteiger partial charge in [0, 0.05) is 11.3 Å². The van der Waals surface area contributed by atoms with Crippen LogP contribution in [-0.4, -0.2) is 22.7 Å². The quantitative estimate of drug-likeness (QED) is 0.355. The van der Waals surface area contributed by atoms with Gasteiger partial charge in [0.2, 0.25) is 6.54 Å². The lowest BCUT2D eigenvalue weighted by atomic mass is 10.1. The van der Waals surface area contributed by atoms with Crippen molar-refractivity contribution in [3.63, 3.8) is 0 Å². The molecule has 0 aliphatic carbocycles. The molecule has 84 valence electrons. The normalized spacial score (nSPS) is 12.7. The highest BCUT2D eigenvalue weighted by molar-refractivity contribution is 4.55. The Morgan fingerprint density at radius 2 is 1.86 bits per heavy atom. The van der Waals surface area contributed by atoms with Crippen molar-refractivity contribution < 1.29 is 10.0 Å². The topological polar surface area (TPSA) is 63.4 Å². The first-order valence-corrected chi connectivity index (χ1v) is 5.46. The fourth-order valence-corrected chi connectivity index (χ4v) is 1.38. The van der Waals surface area contributed by atoms with Gasteiger partial charge in [0.1, 0.15) is 0 Å². The summed E-state index contributed by atoms with van der Waals surface area (Å²) in [5.74, 6) is 0. The molecule has 1 unspecified atom stereocenters. The first-order chi connectivity index (χ1) is 6.66. The lowest BCUT2D eigenvalue weighted by molar-refractivity contribution is -0.480. The number of rotatable bonds is 9. The summed E-state index contributed by atoms with van der Waals surface area (Å²) in [6.45, 7) is 2.16. The van der Waals surface area contributed by atoms with Gasteiger partial charge in [0.25, 0.3) is 0 Å². The average Bonchev–Trinajstić information content (AvgIpc) is 2.13. The standard InChI is InChI=1S/C10H21NO3/c1-2-3-7-10(12)8-5-4-6-9-11(13)14/h10,12H,2-9H2,1H3. The van der Waals surface area contributed by atoms with Gasteiger partial charge >= 0.3 is 0 Å². The fourth-order valence-electron chi connectivity index (χ4n) is 1.38. The van der Waals surface area contributed by atoms with Gasteiger partial charge in [-0.3, -0.25) is 10.1 Å². The number of aliphatic hydroxyl groups is 1. The SMILES string of the molecule is CCCCC(O)CCCCC[N+](=O)[O-]. The van der Waals surface area contributed by atoms with Crippen LogP contribution in [0, 0.1) is 10.1 Å². The van der Waals surface area contributed by atoms with Gasteiger partial charge in [-0.15, -0.1) is 0 Å². The molecular weight excluding hydrogens is 182 g/mol. The van der Waals surface area contributed by atoms with E-state index >= 15 is 0 Å². The highest BCUT2D eigenvalue weighted by atomic mass is 16.6. The molecular formula is C10H21NO3. The summed E-state index contributed by atoms with van der Waals surface area (Å²) < 4.78 is 0. The highest BCUT2D eigenvalue weighted by Gasteiger charge is 2.03. The van der Waals surface area contributed by atoms with Gasteiger partial charge < -0.3 is 5.11 Å². The molecule has 0 aliphatic rings. The molecule has 1 atom stereocenters. The molecule has 0 bridgehead atoms. The number of aliphatic hydroxyl groups excluding tert-OH is 1. The van der Waals surface area contributed by atoms with E-state index in [9.17, 15) is 15.2 Å². The Labute approximate surface area is 85.5 Å². The maximum Gasteiger partial charge on any atom is 0.203 e. The molecule has 0 aromatic heterocycles. The van der Waals surface area contributed by atoms with Crippen molar-refractivity contribution >= 4 is 0 Å². The molecule has 0 spiro atoms. The summed E-state index contributed by atoms with van der Waals surface area (Å²) >= 11 is 0. The first-order valence-electron chi connectivity index (χ1n) is 5.46. The van der Waals surface area contributed by atoms with Crippen molar-refractivity contribution in [2.24, 2.45) is 0 Å². The van der Waals surface area contributed by atoms with E-state index < -0.39 is 0 Å². The lowest BCUT2D eigenvalue weighted by Gasteiger charge is -2.08. The molecule has 1 N–H and O–H groups in total. The molecule has 0 saturated carbocycles. The molecule has 0 aliphatic heterocycles. The molecule has 0 radical (unpaired) electrons. The Hall–Kier alpha value is -0.640. The second kappa shape index (κ2) is 8.94. The summed E-state index contributed by atoms with van der Waals surface area (Å²) in [7, 11) is 0. The van der Waals surface area contributed by atoms with Crippen LogP contribution in [0.15, 0.2) is 0 Å². The zero-order valence-electron chi connectivity index (χ0n) is 8.95. The summed E-state index contributed by atoms with van der Waals surface area (Å²) in [5, 5.41) is 19.4. The van der Waals surface area contributed by atoms with Crippen molar-refractivity contribution in [1.29, 1.82) is 0 Å². The Morgan fingerprint density at radius 3 is 2.43 bits per heavy atom. The molecule has 0 heterocycles. The molecule has 4 nitrogen and oxygen atoms in total. The predicted molar refractivity (Wildman–Crippen MR) is 55.9 cm³/mol. The van der Waals surface area contributed by atoms with E-state index in [0.29, 0.717) is 6.42 Å². The molecule has 0 aromatic rings. The molecule has 0 amide bonds. The third kappa shape index (κ3) is 9.45. The van der Waals surface area contributed by atoms with Crippen LogP contribution < -0.4 is 0 Å². The number of hydrogen-bond donors (Lipinski definition) is 1. The van der Waals surface area contributed by atoms with Gasteiger partial charge in [-0.25, -0.2) is 0 Å². The Morgan fingerprint density at radius 1 is 1.21 bits per heavy atom. The Bertz CT molecular complexity index is 150. The third-order valence-corrected chi connectivity index (χ3v) is 2.27. The van der Waals surface area contributed by atoms with E-state index in [2.05, 4.69) is 6.92 Å². The van der Waals surface area contributed by atoms with E-state index in [0.717, 1.165) is 38.5 Å². The minimum absolute atomic E-state index is 0.0606. The molecule has 0 saturated heterocycles. The maximum absolute atomic E-state index is 9.99. The molecule has 4 heteroatoms. The second-order valence-corrected chi connectivity index (χ2v) is 3.70. The van der Waals surface area contributed by atoms with Crippen molar-refractivity contribution in [2.45, 2.75) is 58.0 Å². The zero-order chi connectivity index (χ0) is 10.8. The van der Waals surface area contributed by atoms with Gasteiger partial charge in [-0.05, 0) is 19.3 Å². The Kier molecular flexibility index (Phi) is 8.53. The lowest BCUT2D eigenvalue weighted by Crippen LogP contribution is -2.06.